The molecule has 0 aromatic heterocycles. The molecule has 35 heavy (non-hydrogen) atoms. The van der Waals surface area contributed by atoms with Crippen LogP contribution in [-0.4, -0.2) is 81.4 Å². The second-order valence-corrected chi connectivity index (χ2v) is 12.2. The van der Waals surface area contributed by atoms with E-state index in [1.54, 1.807) is 40.7 Å². The lowest BCUT2D eigenvalue weighted by atomic mass is 9.78. The van der Waals surface area contributed by atoms with Crippen LogP contribution in [0.3, 0.4) is 0 Å². The van der Waals surface area contributed by atoms with Crippen molar-refractivity contribution in [1.82, 2.24) is 14.1 Å². The number of nitrogens with zero attached hydrogens (tertiary/aromatic N) is 3. The first kappa shape index (κ1) is 25.9. The third-order valence-electron chi connectivity index (χ3n) is 7.08. The SMILES string of the molecule is Cc1ccccc1S(=O)(=O)N1CCCC(COc2ccc(Cl)cc2)(CC(=O)N2CCN(C)CC2)C1. The Balaban J connectivity index is 1.58. The van der Waals surface area contributed by atoms with E-state index in [4.69, 9.17) is 16.3 Å². The Kier molecular flexibility index (Phi) is 8.06. The second kappa shape index (κ2) is 10.9. The minimum Gasteiger partial charge on any atom is -0.493 e. The summed E-state index contributed by atoms with van der Waals surface area (Å²) in [5, 5.41) is 0.616. The average molecular weight is 520 g/mol. The number of hydrogen-bond acceptors (Lipinski definition) is 5. The third-order valence-corrected chi connectivity index (χ3v) is 9.34. The van der Waals surface area contributed by atoms with E-state index < -0.39 is 15.4 Å². The van der Waals surface area contributed by atoms with Crippen LogP contribution in [0.25, 0.3) is 0 Å². The molecule has 2 aromatic carbocycles. The molecule has 1 atom stereocenters. The summed E-state index contributed by atoms with van der Waals surface area (Å²) in [7, 11) is -1.64. The Labute approximate surface area is 213 Å². The number of piperidine rings is 1. The van der Waals surface area contributed by atoms with Gasteiger partial charge in [-0.05, 0) is 62.7 Å². The molecule has 4 rings (SSSR count). The van der Waals surface area contributed by atoms with Crippen molar-refractivity contribution < 1.29 is 17.9 Å². The molecular weight excluding hydrogens is 486 g/mol. The van der Waals surface area contributed by atoms with Gasteiger partial charge in [0.2, 0.25) is 15.9 Å². The highest BCUT2D eigenvalue weighted by molar-refractivity contribution is 7.89. The van der Waals surface area contributed by atoms with Gasteiger partial charge >= 0.3 is 0 Å². The fourth-order valence-electron chi connectivity index (χ4n) is 4.92. The van der Waals surface area contributed by atoms with Gasteiger partial charge in [0.25, 0.3) is 0 Å². The van der Waals surface area contributed by atoms with Crippen molar-refractivity contribution in [3.63, 3.8) is 0 Å². The lowest BCUT2D eigenvalue weighted by molar-refractivity contribution is -0.136. The molecule has 2 aromatic rings. The maximum absolute atomic E-state index is 13.6. The molecule has 190 valence electrons. The van der Waals surface area contributed by atoms with E-state index in [2.05, 4.69) is 11.9 Å². The van der Waals surface area contributed by atoms with Crippen LogP contribution >= 0.6 is 11.6 Å². The molecule has 2 aliphatic rings. The molecule has 1 unspecified atom stereocenters. The largest absolute Gasteiger partial charge is 0.493 e. The van der Waals surface area contributed by atoms with Crippen molar-refractivity contribution in [2.75, 3.05) is 52.9 Å². The molecule has 0 bridgehead atoms. The van der Waals surface area contributed by atoms with Crippen molar-refractivity contribution in [3.05, 3.63) is 59.1 Å². The van der Waals surface area contributed by atoms with E-state index >= 15 is 0 Å². The number of rotatable bonds is 7. The van der Waals surface area contributed by atoms with Crippen LogP contribution in [-0.2, 0) is 14.8 Å². The summed E-state index contributed by atoms with van der Waals surface area (Å²) in [5.41, 5.74) is 0.100. The smallest absolute Gasteiger partial charge is 0.243 e. The predicted octanol–water partition coefficient (Wildman–Crippen LogP) is 3.66. The zero-order chi connectivity index (χ0) is 25.1. The summed E-state index contributed by atoms with van der Waals surface area (Å²) in [5.74, 6) is 0.715. The number of hydrogen-bond donors (Lipinski definition) is 0. The van der Waals surface area contributed by atoms with E-state index in [9.17, 15) is 13.2 Å². The van der Waals surface area contributed by atoms with Crippen molar-refractivity contribution >= 4 is 27.5 Å². The maximum atomic E-state index is 13.6. The summed E-state index contributed by atoms with van der Waals surface area (Å²) in [6.07, 6.45) is 1.65. The molecule has 0 saturated carbocycles. The molecule has 2 fully saturated rings. The Morgan fingerprint density at radius 2 is 1.71 bits per heavy atom. The molecule has 2 saturated heterocycles. The lowest BCUT2D eigenvalue weighted by Crippen LogP contribution is -2.53. The summed E-state index contributed by atoms with van der Waals surface area (Å²) in [4.78, 5) is 17.8. The van der Waals surface area contributed by atoms with Crippen molar-refractivity contribution in [1.29, 1.82) is 0 Å². The Morgan fingerprint density at radius 3 is 2.40 bits per heavy atom. The van der Waals surface area contributed by atoms with Crippen LogP contribution in [0.1, 0.15) is 24.8 Å². The van der Waals surface area contributed by atoms with Crippen molar-refractivity contribution in [2.45, 2.75) is 31.1 Å². The molecule has 0 radical (unpaired) electrons. The van der Waals surface area contributed by atoms with Gasteiger partial charge in [0.05, 0.1) is 11.5 Å². The molecular formula is C26H34ClN3O4S. The Morgan fingerprint density at radius 1 is 1.03 bits per heavy atom. The first-order valence-electron chi connectivity index (χ1n) is 12.1. The highest BCUT2D eigenvalue weighted by Gasteiger charge is 2.43. The topological polar surface area (TPSA) is 70.2 Å². The highest BCUT2D eigenvalue weighted by Crippen LogP contribution is 2.38. The first-order valence-corrected chi connectivity index (χ1v) is 13.9. The quantitative estimate of drug-likeness (QED) is 0.558. The number of sulfonamides is 1. The van der Waals surface area contributed by atoms with Crippen LogP contribution in [0.15, 0.2) is 53.4 Å². The van der Waals surface area contributed by atoms with Gasteiger partial charge in [-0.1, -0.05) is 29.8 Å². The summed E-state index contributed by atoms with van der Waals surface area (Å²) in [6.45, 7) is 5.81. The van der Waals surface area contributed by atoms with E-state index in [0.29, 0.717) is 41.7 Å². The van der Waals surface area contributed by atoms with E-state index in [1.165, 1.54) is 0 Å². The van der Waals surface area contributed by atoms with Crippen LogP contribution in [0.5, 0.6) is 5.75 Å². The fourth-order valence-corrected chi connectivity index (χ4v) is 6.86. The van der Waals surface area contributed by atoms with E-state index in [0.717, 1.165) is 25.1 Å². The molecule has 0 spiro atoms. The minimum absolute atomic E-state index is 0.0629. The van der Waals surface area contributed by atoms with Gasteiger partial charge in [0.15, 0.2) is 0 Å². The average Bonchev–Trinajstić information content (AvgIpc) is 2.84. The molecule has 0 N–H and O–H groups in total. The normalized spacial score (nSPS) is 22.2. The summed E-state index contributed by atoms with van der Waals surface area (Å²) >= 11 is 6.01. The lowest BCUT2D eigenvalue weighted by Gasteiger charge is -2.43. The van der Waals surface area contributed by atoms with Gasteiger partial charge in [0, 0.05) is 56.1 Å². The fraction of sp³-hybridized carbons (Fsp3) is 0.500. The van der Waals surface area contributed by atoms with E-state index in [-0.39, 0.29) is 25.5 Å². The van der Waals surface area contributed by atoms with Crippen LogP contribution in [0, 0.1) is 12.3 Å². The molecule has 9 heteroatoms. The van der Waals surface area contributed by atoms with Crippen molar-refractivity contribution in [3.8, 4) is 5.75 Å². The monoisotopic (exact) mass is 519 g/mol. The zero-order valence-electron chi connectivity index (χ0n) is 20.5. The second-order valence-electron chi connectivity index (χ2n) is 9.81. The number of ether oxygens (including phenoxy) is 1. The number of amides is 1. The number of likely N-dealkylation sites (N-methyl/N-ethyl adjacent to an activating group) is 1. The Hall–Kier alpha value is -2.13. The number of piperazine rings is 1. The number of halogens is 1. The van der Waals surface area contributed by atoms with Gasteiger partial charge in [-0.15, -0.1) is 0 Å². The van der Waals surface area contributed by atoms with Gasteiger partial charge < -0.3 is 14.5 Å². The number of carbonyl (C=O) groups excluding carboxylic acids is 1. The molecule has 0 aliphatic carbocycles. The van der Waals surface area contributed by atoms with Gasteiger partial charge in [-0.3, -0.25) is 4.79 Å². The van der Waals surface area contributed by atoms with Gasteiger partial charge in [-0.25, -0.2) is 8.42 Å². The minimum atomic E-state index is -3.69. The van der Waals surface area contributed by atoms with Crippen LogP contribution < -0.4 is 4.74 Å². The first-order chi connectivity index (χ1) is 16.7. The molecule has 2 heterocycles. The third kappa shape index (κ3) is 6.17. The van der Waals surface area contributed by atoms with Gasteiger partial charge in [0.1, 0.15) is 5.75 Å². The number of benzene rings is 2. The predicted molar refractivity (Wildman–Crippen MR) is 137 cm³/mol. The zero-order valence-corrected chi connectivity index (χ0v) is 22.0. The standard InChI is InChI=1S/C26H34ClN3O4S/c1-21-6-3-4-7-24(21)35(32,33)30-13-5-12-26(19-30,20-34-23-10-8-22(27)9-11-23)18-25(31)29-16-14-28(2)15-17-29/h3-4,6-11H,5,12-20H2,1-2H3. The maximum Gasteiger partial charge on any atom is 0.243 e. The van der Waals surface area contributed by atoms with Crippen molar-refractivity contribution in [2.24, 2.45) is 5.41 Å². The summed E-state index contributed by atoms with van der Waals surface area (Å²) in [6, 6.07) is 14.2. The summed E-state index contributed by atoms with van der Waals surface area (Å²) < 4.78 is 34.9. The van der Waals surface area contributed by atoms with Gasteiger partial charge in [-0.2, -0.15) is 4.31 Å². The van der Waals surface area contributed by atoms with Crippen LogP contribution in [0.4, 0.5) is 0 Å². The highest BCUT2D eigenvalue weighted by atomic mass is 35.5. The molecule has 2 aliphatic heterocycles. The molecule has 1 amide bonds. The number of aryl methyl sites for hydroxylation is 1. The Bertz CT molecular complexity index is 1130. The number of carbonyl (C=O) groups is 1. The molecule has 7 nitrogen and oxygen atoms in total. The van der Waals surface area contributed by atoms with Crippen LogP contribution in [0.2, 0.25) is 5.02 Å². The van der Waals surface area contributed by atoms with E-state index in [1.807, 2.05) is 24.0 Å².